The van der Waals surface area contributed by atoms with E-state index in [2.05, 4.69) is 16.6 Å². The molecule has 2 N–H and O–H groups in total. The van der Waals surface area contributed by atoms with Crippen LogP contribution >= 0.6 is 0 Å². The van der Waals surface area contributed by atoms with Crippen molar-refractivity contribution >= 4 is 11.6 Å². The number of hydrazone groups is 1. The number of quaternary nitrogens is 1. The first-order chi connectivity index (χ1) is 15.0. The van der Waals surface area contributed by atoms with Gasteiger partial charge in [0.2, 0.25) is 0 Å². The first-order valence-electron chi connectivity index (χ1n) is 10.6. The Labute approximate surface area is 184 Å². The number of hydrogen-bond acceptors (Lipinski definition) is 5. The van der Waals surface area contributed by atoms with Crippen LogP contribution in [0.3, 0.4) is 0 Å². The number of rotatable bonds is 8. The molecule has 1 aliphatic rings. The maximum Gasteiger partial charge on any atom is 0.277 e. The number of amides is 1. The Kier molecular flexibility index (Phi) is 8.03. The Morgan fingerprint density at radius 1 is 1.13 bits per heavy atom. The lowest BCUT2D eigenvalue weighted by Crippen LogP contribution is -3.12. The molecule has 1 heterocycles. The molecule has 0 radical (unpaired) electrons. The highest BCUT2D eigenvalue weighted by Gasteiger charge is 2.17. The molecular formula is C24H32N3O4+. The summed E-state index contributed by atoms with van der Waals surface area (Å²) in [5.41, 5.74) is 7.45. The van der Waals surface area contributed by atoms with Crippen LogP contribution in [0.15, 0.2) is 41.5 Å². The van der Waals surface area contributed by atoms with Gasteiger partial charge in [0, 0.05) is 5.56 Å². The van der Waals surface area contributed by atoms with E-state index in [0.717, 1.165) is 66.6 Å². The molecule has 166 valence electrons. The van der Waals surface area contributed by atoms with Gasteiger partial charge in [-0.25, -0.2) is 5.43 Å². The maximum absolute atomic E-state index is 12.2. The smallest absolute Gasteiger partial charge is 0.277 e. The molecule has 7 nitrogen and oxygen atoms in total. The van der Waals surface area contributed by atoms with E-state index in [1.54, 1.807) is 7.11 Å². The van der Waals surface area contributed by atoms with E-state index in [9.17, 15) is 4.79 Å². The van der Waals surface area contributed by atoms with Crippen LogP contribution in [-0.4, -0.2) is 51.6 Å². The van der Waals surface area contributed by atoms with Crippen molar-refractivity contribution in [2.75, 3.05) is 40.0 Å². The Hall–Kier alpha value is -2.90. The molecule has 31 heavy (non-hydrogen) atoms. The Morgan fingerprint density at radius 3 is 2.65 bits per heavy atom. The SMILES string of the molecule is COc1ccc(/C(C)=N\NC(=O)COc2cc(C)ccc2C)cc1C[NH+]1CCOCC1. The highest BCUT2D eigenvalue weighted by Crippen LogP contribution is 2.20. The van der Waals surface area contributed by atoms with Crippen LogP contribution in [0.1, 0.15) is 29.2 Å². The summed E-state index contributed by atoms with van der Waals surface area (Å²) in [6, 6.07) is 11.9. The van der Waals surface area contributed by atoms with E-state index in [-0.39, 0.29) is 12.5 Å². The number of nitrogens with one attached hydrogen (secondary N) is 2. The quantitative estimate of drug-likeness (QED) is 0.497. The van der Waals surface area contributed by atoms with Crippen molar-refractivity contribution < 1.29 is 23.9 Å². The van der Waals surface area contributed by atoms with Gasteiger partial charge in [-0.15, -0.1) is 0 Å². The van der Waals surface area contributed by atoms with E-state index in [1.807, 2.05) is 51.1 Å². The number of methoxy groups -OCH3 is 1. The van der Waals surface area contributed by atoms with Gasteiger partial charge in [-0.05, 0) is 61.7 Å². The molecule has 2 aromatic carbocycles. The second-order valence-corrected chi connectivity index (χ2v) is 7.86. The van der Waals surface area contributed by atoms with E-state index in [4.69, 9.17) is 14.2 Å². The molecule has 7 heteroatoms. The third-order valence-corrected chi connectivity index (χ3v) is 5.39. The van der Waals surface area contributed by atoms with Crippen molar-refractivity contribution in [3.63, 3.8) is 0 Å². The van der Waals surface area contributed by atoms with Gasteiger partial charge in [0.1, 0.15) is 31.1 Å². The number of aryl methyl sites for hydroxylation is 2. The lowest BCUT2D eigenvalue weighted by atomic mass is 10.1. The minimum Gasteiger partial charge on any atom is -0.496 e. The Balaban J connectivity index is 1.61. The maximum atomic E-state index is 12.2. The third-order valence-electron chi connectivity index (χ3n) is 5.39. The molecular weight excluding hydrogens is 394 g/mol. The predicted octanol–water partition coefficient (Wildman–Crippen LogP) is 1.65. The summed E-state index contributed by atoms with van der Waals surface area (Å²) < 4.78 is 16.6. The average Bonchev–Trinajstić information content (AvgIpc) is 2.78. The molecule has 0 atom stereocenters. The van der Waals surface area contributed by atoms with Crippen molar-refractivity contribution in [2.24, 2.45) is 5.10 Å². The molecule has 0 spiro atoms. The monoisotopic (exact) mass is 426 g/mol. The van der Waals surface area contributed by atoms with E-state index in [0.29, 0.717) is 5.75 Å². The number of carbonyl (C=O) groups is 1. The first kappa shape index (κ1) is 22.8. The largest absolute Gasteiger partial charge is 0.496 e. The summed E-state index contributed by atoms with van der Waals surface area (Å²) in [6.45, 7) is 10.1. The molecule has 0 saturated carbocycles. The minimum absolute atomic E-state index is 0.0880. The van der Waals surface area contributed by atoms with Crippen LogP contribution < -0.4 is 19.8 Å². The molecule has 0 unspecified atom stereocenters. The van der Waals surface area contributed by atoms with Crippen LogP contribution in [-0.2, 0) is 16.1 Å². The summed E-state index contributed by atoms with van der Waals surface area (Å²) in [4.78, 5) is 13.7. The van der Waals surface area contributed by atoms with Gasteiger partial charge in [0.25, 0.3) is 5.91 Å². The van der Waals surface area contributed by atoms with E-state index < -0.39 is 0 Å². The number of carbonyl (C=O) groups excluding carboxylic acids is 1. The summed E-state index contributed by atoms with van der Waals surface area (Å²) in [5, 5.41) is 4.26. The molecule has 0 aromatic heterocycles. The van der Waals surface area contributed by atoms with Crippen LogP contribution in [0, 0.1) is 13.8 Å². The molecule has 1 aliphatic heterocycles. The second-order valence-electron chi connectivity index (χ2n) is 7.86. The molecule has 3 rings (SSSR count). The Bertz CT molecular complexity index is 936. The lowest BCUT2D eigenvalue weighted by Gasteiger charge is -2.24. The number of benzene rings is 2. The van der Waals surface area contributed by atoms with Crippen molar-refractivity contribution in [2.45, 2.75) is 27.3 Å². The van der Waals surface area contributed by atoms with Gasteiger partial charge in [0.05, 0.1) is 26.0 Å². The van der Waals surface area contributed by atoms with Crippen molar-refractivity contribution in [3.8, 4) is 11.5 Å². The molecule has 1 amide bonds. The highest BCUT2D eigenvalue weighted by atomic mass is 16.5. The van der Waals surface area contributed by atoms with Gasteiger partial charge >= 0.3 is 0 Å². The third kappa shape index (κ3) is 6.54. The predicted molar refractivity (Wildman–Crippen MR) is 120 cm³/mol. The zero-order chi connectivity index (χ0) is 22.2. The fourth-order valence-electron chi connectivity index (χ4n) is 3.50. The number of nitrogens with zero attached hydrogens (tertiary/aromatic N) is 1. The van der Waals surface area contributed by atoms with Gasteiger partial charge in [-0.2, -0.15) is 5.10 Å². The Morgan fingerprint density at radius 2 is 1.90 bits per heavy atom. The minimum atomic E-state index is -0.299. The summed E-state index contributed by atoms with van der Waals surface area (Å²) in [7, 11) is 1.68. The van der Waals surface area contributed by atoms with Crippen molar-refractivity contribution in [3.05, 3.63) is 58.7 Å². The van der Waals surface area contributed by atoms with Gasteiger partial charge in [-0.1, -0.05) is 12.1 Å². The summed E-state index contributed by atoms with van der Waals surface area (Å²) >= 11 is 0. The van der Waals surface area contributed by atoms with Crippen molar-refractivity contribution in [1.82, 2.24) is 5.43 Å². The van der Waals surface area contributed by atoms with Gasteiger partial charge in [0.15, 0.2) is 6.61 Å². The molecule has 0 bridgehead atoms. The van der Waals surface area contributed by atoms with Crippen LogP contribution in [0.2, 0.25) is 0 Å². The fraction of sp³-hybridized carbons (Fsp3) is 0.417. The summed E-state index contributed by atoms with van der Waals surface area (Å²) in [6.07, 6.45) is 0. The molecule has 0 aliphatic carbocycles. The number of hydrogen-bond donors (Lipinski definition) is 2. The highest BCUT2D eigenvalue weighted by molar-refractivity contribution is 5.99. The average molecular weight is 427 g/mol. The standard InChI is InChI=1S/C24H31N3O4/c1-17-5-6-18(2)23(13-17)31-16-24(28)26-25-19(3)20-7-8-22(29-4)21(14-20)15-27-9-11-30-12-10-27/h5-8,13-14H,9-12,15-16H2,1-4H3,(H,26,28)/p+1/b25-19-. The van der Waals surface area contributed by atoms with Crippen LogP contribution in [0.25, 0.3) is 0 Å². The lowest BCUT2D eigenvalue weighted by molar-refractivity contribution is -0.921. The van der Waals surface area contributed by atoms with E-state index in [1.165, 1.54) is 4.90 Å². The van der Waals surface area contributed by atoms with Crippen molar-refractivity contribution in [1.29, 1.82) is 0 Å². The van der Waals surface area contributed by atoms with E-state index >= 15 is 0 Å². The first-order valence-corrected chi connectivity index (χ1v) is 10.6. The second kappa shape index (κ2) is 10.9. The zero-order valence-electron chi connectivity index (χ0n) is 18.8. The zero-order valence-corrected chi connectivity index (χ0v) is 18.8. The fourth-order valence-corrected chi connectivity index (χ4v) is 3.50. The molecule has 1 saturated heterocycles. The van der Waals surface area contributed by atoms with Crippen LogP contribution in [0.4, 0.5) is 0 Å². The summed E-state index contributed by atoms with van der Waals surface area (Å²) in [5.74, 6) is 1.27. The molecule has 2 aromatic rings. The normalized spacial score (nSPS) is 14.9. The number of morpholine rings is 1. The van der Waals surface area contributed by atoms with Gasteiger partial charge < -0.3 is 19.1 Å². The van der Waals surface area contributed by atoms with Gasteiger partial charge in [-0.3, -0.25) is 4.79 Å². The topological polar surface area (TPSA) is 73.6 Å². The molecule has 1 fully saturated rings. The number of ether oxygens (including phenoxy) is 3. The van der Waals surface area contributed by atoms with Crippen LogP contribution in [0.5, 0.6) is 11.5 Å².